The van der Waals surface area contributed by atoms with Crippen LogP contribution in [0.3, 0.4) is 0 Å². The highest BCUT2D eigenvalue weighted by molar-refractivity contribution is 6.31. The number of halogens is 1. The number of hydrogen-bond acceptors (Lipinski definition) is 5. The smallest absolute Gasteiger partial charge is 0.322 e. The van der Waals surface area contributed by atoms with Gasteiger partial charge in [-0.3, -0.25) is 9.69 Å². The number of carbonyl (C=O) groups excluding carboxylic acids is 2. The molecule has 0 unspecified atom stereocenters. The Hall–Kier alpha value is -3.30. The van der Waals surface area contributed by atoms with Crippen LogP contribution in [0.1, 0.15) is 30.0 Å². The second kappa shape index (κ2) is 10.5. The third-order valence-corrected chi connectivity index (χ3v) is 6.32. The number of hydrogen-bond donors (Lipinski definition) is 2. The van der Waals surface area contributed by atoms with Crippen molar-refractivity contribution in [1.82, 2.24) is 24.7 Å². The SMILES string of the molecule is COc1ccc(Cl)cc1NC(=O)N1CCN(Cc2nc3cc(C(=O)NC(C)C)ccc3n2C)CC1. The normalized spacial score (nSPS) is 14.4. The summed E-state index contributed by atoms with van der Waals surface area (Å²) >= 11 is 6.07. The molecule has 3 aromatic rings. The maximum atomic E-state index is 12.8. The van der Waals surface area contributed by atoms with Crippen molar-refractivity contribution in [3.05, 3.63) is 52.8 Å². The Morgan fingerprint density at radius 1 is 1.11 bits per heavy atom. The molecule has 186 valence electrons. The standard InChI is InChI=1S/C25H31ClN6O3/c1-16(2)27-24(33)17-5-7-21-19(13-17)28-23(30(21)3)15-31-9-11-32(12-10-31)25(34)29-20-14-18(26)6-8-22(20)35-4/h5-8,13-14,16H,9-12,15H2,1-4H3,(H,27,33)(H,29,34). The van der Waals surface area contributed by atoms with Crippen molar-refractivity contribution in [2.45, 2.75) is 26.4 Å². The number of aryl methyl sites for hydroxylation is 1. The van der Waals surface area contributed by atoms with Crippen molar-refractivity contribution < 1.29 is 14.3 Å². The topological polar surface area (TPSA) is 91.7 Å². The van der Waals surface area contributed by atoms with Crippen LogP contribution >= 0.6 is 11.6 Å². The van der Waals surface area contributed by atoms with Crippen LogP contribution in [0.2, 0.25) is 5.02 Å². The van der Waals surface area contributed by atoms with E-state index in [9.17, 15) is 9.59 Å². The maximum Gasteiger partial charge on any atom is 0.322 e. The summed E-state index contributed by atoms with van der Waals surface area (Å²) in [7, 11) is 3.54. The number of imidazole rings is 1. The number of anilines is 1. The Labute approximate surface area is 210 Å². The molecule has 0 bridgehead atoms. The lowest BCUT2D eigenvalue weighted by Crippen LogP contribution is -2.49. The van der Waals surface area contributed by atoms with Crippen LogP contribution in [-0.2, 0) is 13.6 Å². The van der Waals surface area contributed by atoms with E-state index in [-0.39, 0.29) is 18.0 Å². The van der Waals surface area contributed by atoms with Crippen molar-refractivity contribution in [1.29, 1.82) is 0 Å². The third kappa shape index (κ3) is 5.68. The largest absolute Gasteiger partial charge is 0.495 e. The molecule has 1 aromatic heterocycles. The molecular weight excluding hydrogens is 468 g/mol. The number of methoxy groups -OCH3 is 1. The van der Waals surface area contributed by atoms with Gasteiger partial charge in [0, 0.05) is 49.9 Å². The van der Waals surface area contributed by atoms with Crippen LogP contribution in [-0.4, -0.2) is 70.6 Å². The lowest BCUT2D eigenvalue weighted by Gasteiger charge is -2.34. The Bertz CT molecular complexity index is 1230. The summed E-state index contributed by atoms with van der Waals surface area (Å²) in [6.07, 6.45) is 0. The van der Waals surface area contributed by atoms with Crippen LogP contribution < -0.4 is 15.4 Å². The van der Waals surface area contributed by atoms with Crippen molar-refractivity contribution in [3.63, 3.8) is 0 Å². The summed E-state index contributed by atoms with van der Waals surface area (Å²) in [5.41, 5.74) is 2.93. The number of fused-ring (bicyclic) bond motifs is 1. The number of nitrogens with one attached hydrogen (secondary N) is 2. The predicted molar refractivity (Wildman–Crippen MR) is 137 cm³/mol. The average Bonchev–Trinajstić information content (AvgIpc) is 3.13. The first-order valence-corrected chi connectivity index (χ1v) is 12.0. The van der Waals surface area contributed by atoms with Gasteiger partial charge in [-0.05, 0) is 50.2 Å². The molecule has 4 rings (SSSR count). The van der Waals surface area contributed by atoms with E-state index in [1.807, 2.05) is 39.1 Å². The van der Waals surface area contributed by atoms with Gasteiger partial charge in [0.2, 0.25) is 0 Å². The second-order valence-corrected chi connectivity index (χ2v) is 9.39. The quantitative estimate of drug-likeness (QED) is 0.540. The zero-order chi connectivity index (χ0) is 25.1. The molecule has 1 saturated heterocycles. The van der Waals surface area contributed by atoms with Crippen molar-refractivity contribution in [3.8, 4) is 5.75 Å². The van der Waals surface area contributed by atoms with E-state index in [1.165, 1.54) is 0 Å². The van der Waals surface area contributed by atoms with Crippen LogP contribution in [0.4, 0.5) is 10.5 Å². The van der Waals surface area contributed by atoms with E-state index in [1.54, 1.807) is 30.2 Å². The fourth-order valence-corrected chi connectivity index (χ4v) is 4.33. The van der Waals surface area contributed by atoms with Crippen molar-refractivity contribution >= 4 is 40.3 Å². The van der Waals surface area contributed by atoms with Crippen LogP contribution in [0.15, 0.2) is 36.4 Å². The molecule has 0 saturated carbocycles. The molecule has 1 aliphatic rings. The van der Waals surface area contributed by atoms with Crippen molar-refractivity contribution in [2.75, 3.05) is 38.6 Å². The third-order valence-electron chi connectivity index (χ3n) is 6.08. The maximum absolute atomic E-state index is 12.8. The highest BCUT2D eigenvalue weighted by Crippen LogP contribution is 2.28. The van der Waals surface area contributed by atoms with E-state index in [0.29, 0.717) is 41.7 Å². The number of rotatable bonds is 6. The van der Waals surface area contributed by atoms with E-state index < -0.39 is 0 Å². The summed E-state index contributed by atoms with van der Waals surface area (Å²) in [6.45, 7) is 7.18. The van der Waals surface area contributed by atoms with Gasteiger partial charge in [-0.25, -0.2) is 9.78 Å². The molecule has 10 heteroatoms. The minimum atomic E-state index is -0.180. The first-order chi connectivity index (χ1) is 16.7. The highest BCUT2D eigenvalue weighted by atomic mass is 35.5. The first-order valence-electron chi connectivity index (χ1n) is 11.6. The highest BCUT2D eigenvalue weighted by Gasteiger charge is 2.23. The van der Waals surface area contributed by atoms with Gasteiger partial charge in [-0.2, -0.15) is 0 Å². The summed E-state index contributed by atoms with van der Waals surface area (Å²) < 4.78 is 7.37. The number of aromatic nitrogens is 2. The second-order valence-electron chi connectivity index (χ2n) is 8.96. The Kier molecular flexibility index (Phi) is 7.47. The Balaban J connectivity index is 1.37. The van der Waals surface area contributed by atoms with Crippen LogP contribution in [0.25, 0.3) is 11.0 Å². The van der Waals surface area contributed by atoms with Gasteiger partial charge < -0.3 is 24.8 Å². The molecule has 35 heavy (non-hydrogen) atoms. The zero-order valence-electron chi connectivity index (χ0n) is 20.5. The molecule has 3 amide bonds. The molecule has 0 spiro atoms. The van der Waals surface area contributed by atoms with E-state index >= 15 is 0 Å². The number of nitrogens with zero attached hydrogens (tertiary/aromatic N) is 4. The monoisotopic (exact) mass is 498 g/mol. The summed E-state index contributed by atoms with van der Waals surface area (Å²) in [6, 6.07) is 10.6. The molecule has 1 fully saturated rings. The summed E-state index contributed by atoms with van der Waals surface area (Å²) in [5, 5.41) is 6.34. The number of ether oxygens (including phenoxy) is 1. The number of carbonyl (C=O) groups is 2. The molecule has 2 heterocycles. The molecule has 0 atom stereocenters. The molecule has 1 aliphatic heterocycles. The molecular formula is C25H31ClN6O3. The number of piperazine rings is 1. The predicted octanol–water partition coefficient (Wildman–Crippen LogP) is 3.72. The minimum absolute atomic E-state index is 0.0748. The van der Waals surface area contributed by atoms with Crippen LogP contribution in [0.5, 0.6) is 5.75 Å². The molecule has 9 nitrogen and oxygen atoms in total. The molecule has 2 aromatic carbocycles. The van der Waals surface area contributed by atoms with Gasteiger partial charge in [0.25, 0.3) is 5.91 Å². The van der Waals surface area contributed by atoms with Gasteiger partial charge in [-0.15, -0.1) is 0 Å². The molecule has 2 N–H and O–H groups in total. The van der Waals surface area contributed by atoms with Gasteiger partial charge in [-0.1, -0.05) is 11.6 Å². The zero-order valence-corrected chi connectivity index (χ0v) is 21.2. The van der Waals surface area contributed by atoms with Crippen LogP contribution in [0, 0.1) is 0 Å². The average molecular weight is 499 g/mol. The number of urea groups is 1. The van der Waals surface area contributed by atoms with E-state index in [2.05, 4.69) is 20.1 Å². The van der Waals surface area contributed by atoms with Gasteiger partial charge in [0.1, 0.15) is 11.6 Å². The summed E-state index contributed by atoms with van der Waals surface area (Å²) in [5.74, 6) is 1.38. The Morgan fingerprint density at radius 3 is 2.54 bits per heavy atom. The van der Waals surface area contributed by atoms with E-state index in [0.717, 1.165) is 29.9 Å². The Morgan fingerprint density at radius 2 is 1.86 bits per heavy atom. The lowest BCUT2D eigenvalue weighted by atomic mass is 10.2. The summed E-state index contributed by atoms with van der Waals surface area (Å²) in [4.78, 5) is 34.0. The van der Waals surface area contributed by atoms with Gasteiger partial charge >= 0.3 is 6.03 Å². The number of amides is 3. The number of benzene rings is 2. The fraction of sp³-hybridized carbons (Fsp3) is 0.400. The van der Waals surface area contributed by atoms with Gasteiger partial charge in [0.05, 0.1) is 30.4 Å². The molecule has 0 radical (unpaired) electrons. The fourth-order valence-electron chi connectivity index (χ4n) is 4.16. The van der Waals surface area contributed by atoms with Gasteiger partial charge in [0.15, 0.2) is 0 Å². The lowest BCUT2D eigenvalue weighted by molar-refractivity contribution is 0.0943. The first kappa shape index (κ1) is 24.8. The van der Waals surface area contributed by atoms with Crippen molar-refractivity contribution in [2.24, 2.45) is 7.05 Å². The minimum Gasteiger partial charge on any atom is -0.495 e. The molecule has 0 aliphatic carbocycles. The van der Waals surface area contributed by atoms with E-state index in [4.69, 9.17) is 21.3 Å².